The first-order valence-electron chi connectivity index (χ1n) is 5.92. The molecule has 2 rings (SSSR count). The number of aromatic amines is 1. The largest absolute Gasteiger partial charge is 0.476 e. The average molecular weight is 292 g/mol. The van der Waals surface area contributed by atoms with Crippen LogP contribution in [-0.4, -0.2) is 31.0 Å². The van der Waals surface area contributed by atoms with Crippen molar-refractivity contribution in [3.8, 4) is 0 Å². The van der Waals surface area contributed by atoms with Crippen molar-refractivity contribution in [2.75, 3.05) is 0 Å². The Morgan fingerprint density at radius 2 is 2.20 bits per heavy atom. The van der Waals surface area contributed by atoms with Crippen molar-refractivity contribution in [3.63, 3.8) is 0 Å². The number of rotatable bonds is 5. The van der Waals surface area contributed by atoms with Crippen molar-refractivity contribution in [1.82, 2.24) is 19.9 Å². The Morgan fingerprint density at radius 3 is 2.90 bits per heavy atom. The molecule has 104 valence electrons. The highest BCUT2D eigenvalue weighted by molar-refractivity contribution is 7.99. The predicted octanol–water partition coefficient (Wildman–Crippen LogP) is 1.36. The number of aromatic carboxylic acids is 1. The second kappa shape index (κ2) is 6.29. The van der Waals surface area contributed by atoms with Gasteiger partial charge in [-0.05, 0) is 18.2 Å². The van der Waals surface area contributed by atoms with Crippen LogP contribution >= 0.6 is 11.8 Å². The number of nitrogens with zero attached hydrogens (tertiary/aromatic N) is 3. The molecule has 0 bridgehead atoms. The molecule has 0 spiro atoms. The Labute approximate surface area is 118 Å². The van der Waals surface area contributed by atoms with Gasteiger partial charge in [0.05, 0.1) is 12.4 Å². The molecule has 0 fully saturated rings. The number of aryl methyl sites for hydroxylation is 1. The minimum Gasteiger partial charge on any atom is -0.476 e. The Hall–Kier alpha value is -2.22. The fourth-order valence-corrected chi connectivity index (χ4v) is 2.29. The predicted molar refractivity (Wildman–Crippen MR) is 72.0 cm³/mol. The molecule has 0 aliphatic rings. The highest BCUT2D eigenvalue weighted by Crippen LogP contribution is 2.21. The SMILES string of the molecule is CCCc1cc(=O)[nH]c(Sc2cncc(C(=O)O)n2)n1. The third-order valence-corrected chi connectivity index (χ3v) is 3.10. The summed E-state index contributed by atoms with van der Waals surface area (Å²) in [6, 6.07) is 1.45. The van der Waals surface area contributed by atoms with Crippen molar-refractivity contribution in [3.05, 3.63) is 40.2 Å². The highest BCUT2D eigenvalue weighted by atomic mass is 32.2. The Morgan fingerprint density at radius 1 is 1.40 bits per heavy atom. The fraction of sp³-hybridized carbons (Fsp3) is 0.250. The van der Waals surface area contributed by atoms with Crippen LogP contribution in [0.25, 0.3) is 0 Å². The van der Waals surface area contributed by atoms with Crippen molar-refractivity contribution < 1.29 is 9.90 Å². The zero-order chi connectivity index (χ0) is 14.5. The number of H-pyrrole nitrogens is 1. The summed E-state index contributed by atoms with van der Waals surface area (Å²) in [6.45, 7) is 2.00. The normalized spacial score (nSPS) is 10.4. The topological polar surface area (TPSA) is 109 Å². The number of carbonyl (C=O) groups is 1. The highest BCUT2D eigenvalue weighted by Gasteiger charge is 2.09. The Balaban J connectivity index is 2.27. The van der Waals surface area contributed by atoms with E-state index in [1.807, 2.05) is 6.92 Å². The lowest BCUT2D eigenvalue weighted by atomic mass is 10.2. The molecular weight excluding hydrogens is 280 g/mol. The van der Waals surface area contributed by atoms with Gasteiger partial charge in [0.2, 0.25) is 0 Å². The van der Waals surface area contributed by atoms with Crippen molar-refractivity contribution in [1.29, 1.82) is 0 Å². The van der Waals surface area contributed by atoms with E-state index in [1.165, 1.54) is 12.3 Å². The van der Waals surface area contributed by atoms with Gasteiger partial charge in [-0.3, -0.25) is 9.78 Å². The van der Waals surface area contributed by atoms with Crippen LogP contribution in [0.15, 0.2) is 33.4 Å². The lowest BCUT2D eigenvalue weighted by molar-refractivity contribution is 0.0689. The zero-order valence-electron chi connectivity index (χ0n) is 10.7. The summed E-state index contributed by atoms with van der Waals surface area (Å²) in [7, 11) is 0. The smallest absolute Gasteiger partial charge is 0.356 e. The van der Waals surface area contributed by atoms with E-state index in [9.17, 15) is 9.59 Å². The minimum absolute atomic E-state index is 0.151. The summed E-state index contributed by atoms with van der Waals surface area (Å²) in [4.78, 5) is 36.9. The Kier molecular flexibility index (Phi) is 4.46. The van der Waals surface area contributed by atoms with E-state index in [0.29, 0.717) is 22.3 Å². The first kappa shape index (κ1) is 14.2. The second-order valence-electron chi connectivity index (χ2n) is 3.94. The van der Waals surface area contributed by atoms with E-state index < -0.39 is 5.97 Å². The molecule has 0 radical (unpaired) electrons. The Bertz CT molecular complexity index is 686. The molecule has 0 unspecified atom stereocenters. The second-order valence-corrected chi connectivity index (χ2v) is 4.95. The van der Waals surface area contributed by atoms with Crippen molar-refractivity contribution in [2.24, 2.45) is 0 Å². The number of carboxylic acid groups (broad SMARTS) is 1. The number of hydrogen-bond donors (Lipinski definition) is 2. The summed E-state index contributed by atoms with van der Waals surface area (Å²) in [5, 5.41) is 9.58. The van der Waals surface area contributed by atoms with E-state index in [0.717, 1.165) is 24.4 Å². The molecule has 0 aliphatic carbocycles. The molecule has 0 saturated heterocycles. The van der Waals surface area contributed by atoms with E-state index in [2.05, 4.69) is 19.9 Å². The van der Waals surface area contributed by atoms with Crippen LogP contribution in [0.1, 0.15) is 29.5 Å². The molecule has 2 aromatic heterocycles. The van der Waals surface area contributed by atoms with Crippen LogP contribution in [0.2, 0.25) is 0 Å². The number of hydrogen-bond acceptors (Lipinski definition) is 6. The number of nitrogens with one attached hydrogen (secondary N) is 1. The van der Waals surface area contributed by atoms with Gasteiger partial charge in [-0.15, -0.1) is 0 Å². The molecule has 20 heavy (non-hydrogen) atoms. The molecule has 2 N–H and O–H groups in total. The van der Waals surface area contributed by atoms with Gasteiger partial charge in [-0.1, -0.05) is 13.3 Å². The molecular formula is C12H12N4O3S. The molecule has 2 heterocycles. The molecule has 0 atom stereocenters. The maximum absolute atomic E-state index is 11.5. The summed E-state index contributed by atoms with van der Waals surface area (Å²) in [5.41, 5.74) is 0.302. The number of carboxylic acids is 1. The van der Waals surface area contributed by atoms with Crippen LogP contribution in [0.4, 0.5) is 0 Å². The van der Waals surface area contributed by atoms with Gasteiger partial charge in [0, 0.05) is 11.8 Å². The molecule has 0 amide bonds. The van der Waals surface area contributed by atoms with Gasteiger partial charge in [0.15, 0.2) is 10.9 Å². The average Bonchev–Trinajstić information content (AvgIpc) is 2.38. The van der Waals surface area contributed by atoms with Crippen LogP contribution < -0.4 is 5.56 Å². The summed E-state index contributed by atoms with van der Waals surface area (Å²) >= 11 is 1.07. The lowest BCUT2D eigenvalue weighted by Gasteiger charge is -2.03. The van der Waals surface area contributed by atoms with Gasteiger partial charge >= 0.3 is 5.97 Å². The molecule has 0 saturated carbocycles. The van der Waals surface area contributed by atoms with Gasteiger partial charge in [0.1, 0.15) is 5.03 Å². The standard InChI is InChI=1S/C12H12N4O3S/c1-2-3-7-4-9(17)16-12(14-7)20-10-6-13-5-8(15-10)11(18)19/h4-6H,2-3H2,1H3,(H,18,19)(H,14,16,17). The minimum atomic E-state index is -1.15. The molecule has 8 heteroatoms. The zero-order valence-corrected chi connectivity index (χ0v) is 11.5. The third kappa shape index (κ3) is 3.64. The van der Waals surface area contributed by atoms with E-state index in [4.69, 9.17) is 5.11 Å². The first-order chi connectivity index (χ1) is 9.58. The van der Waals surface area contributed by atoms with Crippen LogP contribution in [-0.2, 0) is 6.42 Å². The van der Waals surface area contributed by atoms with Crippen molar-refractivity contribution >= 4 is 17.7 Å². The van der Waals surface area contributed by atoms with E-state index >= 15 is 0 Å². The quantitative estimate of drug-likeness (QED) is 0.801. The van der Waals surface area contributed by atoms with Crippen LogP contribution in [0.3, 0.4) is 0 Å². The van der Waals surface area contributed by atoms with E-state index in [-0.39, 0.29) is 11.3 Å². The maximum atomic E-state index is 11.5. The molecule has 0 aliphatic heterocycles. The molecule has 2 aromatic rings. The van der Waals surface area contributed by atoms with Crippen molar-refractivity contribution in [2.45, 2.75) is 29.9 Å². The number of aromatic nitrogens is 4. The maximum Gasteiger partial charge on any atom is 0.356 e. The third-order valence-electron chi connectivity index (χ3n) is 2.31. The molecule has 7 nitrogen and oxygen atoms in total. The van der Waals surface area contributed by atoms with Crippen LogP contribution in [0.5, 0.6) is 0 Å². The first-order valence-corrected chi connectivity index (χ1v) is 6.73. The van der Waals surface area contributed by atoms with Crippen LogP contribution in [0, 0.1) is 0 Å². The van der Waals surface area contributed by atoms with Gasteiger partial charge in [-0.25, -0.2) is 14.8 Å². The monoisotopic (exact) mass is 292 g/mol. The summed E-state index contributed by atoms with van der Waals surface area (Å²) in [5.74, 6) is -1.15. The van der Waals surface area contributed by atoms with E-state index in [1.54, 1.807) is 0 Å². The van der Waals surface area contributed by atoms with Gasteiger partial charge < -0.3 is 10.1 Å². The van der Waals surface area contributed by atoms with Gasteiger partial charge in [0.25, 0.3) is 5.56 Å². The summed E-state index contributed by atoms with van der Waals surface area (Å²) < 4.78 is 0. The molecule has 0 aromatic carbocycles. The summed E-state index contributed by atoms with van der Waals surface area (Å²) in [6.07, 6.45) is 4.17. The van der Waals surface area contributed by atoms with Gasteiger partial charge in [-0.2, -0.15) is 0 Å². The lowest BCUT2D eigenvalue weighted by Crippen LogP contribution is -2.10. The fourth-order valence-electron chi connectivity index (χ4n) is 1.52.